The summed E-state index contributed by atoms with van der Waals surface area (Å²) >= 11 is 0. The molecule has 0 saturated carbocycles. The molecular weight excluding hydrogens is 877 g/mol. The van der Waals surface area contributed by atoms with Gasteiger partial charge in [-0.05, 0) is 169 Å². The van der Waals surface area contributed by atoms with Crippen LogP contribution in [0.3, 0.4) is 0 Å². The molecule has 12 rings (SSSR count). The summed E-state index contributed by atoms with van der Waals surface area (Å²) in [6.45, 7) is 27.2. The number of rotatable bonds is 10. The molecule has 0 unspecified atom stereocenters. The third-order valence-corrected chi connectivity index (χ3v) is 17.2. The van der Waals surface area contributed by atoms with Crippen molar-refractivity contribution < 1.29 is 8.83 Å². The van der Waals surface area contributed by atoms with E-state index in [4.69, 9.17) is 8.83 Å². The lowest BCUT2D eigenvalue weighted by atomic mass is 9.81. The highest BCUT2D eigenvalue weighted by molar-refractivity contribution is 6.29. The third-order valence-electron chi connectivity index (χ3n) is 17.2. The number of furan rings is 2. The summed E-state index contributed by atoms with van der Waals surface area (Å²) in [6.07, 6.45) is 2.01. The van der Waals surface area contributed by atoms with E-state index in [0.717, 1.165) is 90.8 Å². The number of benzene rings is 10. The van der Waals surface area contributed by atoms with E-state index in [-0.39, 0.29) is 10.8 Å². The second kappa shape index (κ2) is 16.5. The van der Waals surface area contributed by atoms with E-state index in [1.807, 2.05) is 0 Å². The fourth-order valence-electron chi connectivity index (χ4n) is 11.7. The Kier molecular flexibility index (Phi) is 10.4. The summed E-state index contributed by atoms with van der Waals surface area (Å²) in [5.41, 5.74) is 20.2. The van der Waals surface area contributed by atoms with Gasteiger partial charge >= 0.3 is 0 Å². The van der Waals surface area contributed by atoms with Crippen molar-refractivity contribution in [2.45, 2.75) is 107 Å². The Balaban J connectivity index is 1.14. The molecule has 0 aliphatic heterocycles. The van der Waals surface area contributed by atoms with Gasteiger partial charge in [-0.3, -0.25) is 0 Å². The second-order valence-electron chi connectivity index (χ2n) is 22.0. The maximum atomic E-state index is 7.21. The molecule has 72 heavy (non-hydrogen) atoms. The SMILES string of the molecule is CCC(C)(C)c1cccc2c1oc1c(N(c3cc(C)c(C)c(C)c3)c3ccc4ccc5c(N(c6cc(C)c(C)c(C)c6)c6cccc7c6oc6c(C(C)(C)CC)cccc67)ccc6ccc3c4c65)cccc12. The van der Waals surface area contributed by atoms with Crippen LogP contribution in [0.5, 0.6) is 0 Å². The summed E-state index contributed by atoms with van der Waals surface area (Å²) in [6, 6.07) is 54.7. The molecule has 12 aromatic rings. The standard InChI is InChI=1S/C68H64N2O2/c1-13-67(9,10)55-23-15-19-49-51-21-17-25-59(65(51)71-63(49)55)69(47-35-39(3)43(7)40(4)36-47)57-33-29-45-28-32-54-58(34-30-46-27-31-53(57)61(45)62(46)54)70(48-37-41(5)44(8)42(6)38-48)60-26-18-22-52-50-20-16-24-56(68(11,12)14-2)64(50)72-66(52)60/h15-38H,13-14H2,1-12H3. The van der Waals surface area contributed by atoms with Gasteiger partial charge in [-0.1, -0.05) is 139 Å². The first-order chi connectivity index (χ1) is 34.6. The molecule has 0 atom stereocenters. The Bertz CT molecular complexity index is 3840. The van der Waals surface area contributed by atoms with E-state index in [1.54, 1.807) is 0 Å². The number of para-hydroxylation sites is 4. The van der Waals surface area contributed by atoms with Crippen molar-refractivity contribution in [2.24, 2.45) is 0 Å². The Labute approximate surface area is 423 Å². The Morgan fingerprint density at radius 1 is 0.361 bits per heavy atom. The molecule has 0 fully saturated rings. The van der Waals surface area contributed by atoms with Crippen molar-refractivity contribution in [1.29, 1.82) is 0 Å². The quantitative estimate of drug-likeness (QED) is 0.128. The molecule has 0 radical (unpaired) electrons. The minimum Gasteiger partial charge on any atom is -0.454 e. The zero-order valence-electron chi connectivity index (χ0n) is 44.0. The van der Waals surface area contributed by atoms with Gasteiger partial charge in [-0.25, -0.2) is 0 Å². The average molecular weight is 941 g/mol. The number of fused-ring (bicyclic) bond motifs is 6. The van der Waals surface area contributed by atoms with Crippen LogP contribution in [-0.4, -0.2) is 0 Å². The van der Waals surface area contributed by atoms with Gasteiger partial charge in [0.05, 0.1) is 22.7 Å². The molecule has 0 bridgehead atoms. The molecule has 0 aliphatic rings. The predicted octanol–water partition coefficient (Wildman–Crippen LogP) is 20.5. The average Bonchev–Trinajstić information content (AvgIpc) is 3.97. The topological polar surface area (TPSA) is 32.8 Å². The molecule has 0 amide bonds. The fourth-order valence-corrected chi connectivity index (χ4v) is 11.7. The minimum atomic E-state index is -0.0516. The first kappa shape index (κ1) is 45.6. The fraction of sp³-hybridized carbons (Fsp3) is 0.235. The monoisotopic (exact) mass is 940 g/mol. The highest BCUT2D eigenvalue weighted by atomic mass is 16.3. The smallest absolute Gasteiger partial charge is 0.159 e. The van der Waals surface area contributed by atoms with Crippen LogP contribution in [0.1, 0.15) is 98.9 Å². The van der Waals surface area contributed by atoms with E-state index in [2.05, 4.69) is 238 Å². The van der Waals surface area contributed by atoms with Gasteiger partial charge in [0, 0.05) is 54.8 Å². The highest BCUT2D eigenvalue weighted by Crippen LogP contribution is 2.52. The molecule has 0 saturated heterocycles. The van der Waals surface area contributed by atoms with Gasteiger partial charge in [-0.2, -0.15) is 0 Å². The maximum absolute atomic E-state index is 7.21. The van der Waals surface area contributed by atoms with Crippen LogP contribution in [0.4, 0.5) is 34.1 Å². The molecule has 0 aliphatic carbocycles. The van der Waals surface area contributed by atoms with Gasteiger partial charge < -0.3 is 18.6 Å². The number of nitrogens with zero attached hydrogens (tertiary/aromatic N) is 2. The number of aryl methyl sites for hydroxylation is 4. The molecule has 2 aromatic heterocycles. The van der Waals surface area contributed by atoms with Gasteiger partial charge in [0.15, 0.2) is 11.2 Å². The van der Waals surface area contributed by atoms with Crippen molar-refractivity contribution >= 4 is 110 Å². The van der Waals surface area contributed by atoms with Crippen molar-refractivity contribution in [3.05, 3.63) is 190 Å². The largest absolute Gasteiger partial charge is 0.454 e. The molecule has 0 N–H and O–H groups in total. The molecule has 10 aromatic carbocycles. The molecule has 2 heterocycles. The summed E-state index contributed by atoms with van der Waals surface area (Å²) < 4.78 is 14.4. The van der Waals surface area contributed by atoms with E-state index >= 15 is 0 Å². The normalized spacial score (nSPS) is 12.6. The lowest BCUT2D eigenvalue weighted by molar-refractivity contribution is 0.500. The molecule has 0 spiro atoms. The van der Waals surface area contributed by atoms with Crippen LogP contribution < -0.4 is 9.80 Å². The summed E-state index contributed by atoms with van der Waals surface area (Å²) in [5.74, 6) is 0. The lowest BCUT2D eigenvalue weighted by Crippen LogP contribution is -2.15. The van der Waals surface area contributed by atoms with Gasteiger partial charge in [0.25, 0.3) is 0 Å². The lowest BCUT2D eigenvalue weighted by Gasteiger charge is -2.30. The van der Waals surface area contributed by atoms with Crippen LogP contribution >= 0.6 is 0 Å². The Morgan fingerprint density at radius 2 is 0.694 bits per heavy atom. The number of hydrogen-bond acceptors (Lipinski definition) is 4. The molecule has 4 heteroatoms. The van der Waals surface area contributed by atoms with Crippen LogP contribution in [0, 0.1) is 41.5 Å². The van der Waals surface area contributed by atoms with E-state index < -0.39 is 0 Å². The number of hydrogen-bond donors (Lipinski definition) is 0. The van der Waals surface area contributed by atoms with Crippen molar-refractivity contribution in [2.75, 3.05) is 9.80 Å². The van der Waals surface area contributed by atoms with Gasteiger partial charge in [-0.15, -0.1) is 0 Å². The maximum Gasteiger partial charge on any atom is 0.159 e. The van der Waals surface area contributed by atoms with Crippen molar-refractivity contribution in [1.82, 2.24) is 0 Å². The molecule has 4 nitrogen and oxygen atoms in total. The third kappa shape index (κ3) is 6.78. The summed E-state index contributed by atoms with van der Waals surface area (Å²) in [4.78, 5) is 4.92. The summed E-state index contributed by atoms with van der Waals surface area (Å²) in [5, 5.41) is 11.8. The highest BCUT2D eigenvalue weighted by Gasteiger charge is 2.30. The van der Waals surface area contributed by atoms with Crippen LogP contribution in [-0.2, 0) is 10.8 Å². The van der Waals surface area contributed by atoms with Crippen LogP contribution in [0.2, 0.25) is 0 Å². The number of anilines is 6. The predicted molar refractivity (Wildman–Crippen MR) is 309 cm³/mol. The van der Waals surface area contributed by atoms with Crippen LogP contribution in [0.25, 0.3) is 76.2 Å². The molecule has 358 valence electrons. The van der Waals surface area contributed by atoms with Crippen molar-refractivity contribution in [3.8, 4) is 0 Å². The zero-order chi connectivity index (χ0) is 50.1. The first-order valence-electron chi connectivity index (χ1n) is 26.0. The van der Waals surface area contributed by atoms with E-state index in [0.29, 0.717) is 0 Å². The van der Waals surface area contributed by atoms with Gasteiger partial charge in [0.1, 0.15) is 11.2 Å². The second-order valence-corrected chi connectivity index (χ2v) is 22.0. The minimum absolute atomic E-state index is 0.0516. The zero-order valence-corrected chi connectivity index (χ0v) is 44.0. The Hall–Kier alpha value is -7.56. The van der Waals surface area contributed by atoms with Crippen LogP contribution in [0.15, 0.2) is 154 Å². The summed E-state index contributed by atoms with van der Waals surface area (Å²) in [7, 11) is 0. The van der Waals surface area contributed by atoms with E-state index in [9.17, 15) is 0 Å². The van der Waals surface area contributed by atoms with Gasteiger partial charge in [0.2, 0.25) is 0 Å². The Morgan fingerprint density at radius 3 is 1.06 bits per heavy atom. The van der Waals surface area contributed by atoms with E-state index in [1.165, 1.54) is 76.8 Å². The van der Waals surface area contributed by atoms with Crippen molar-refractivity contribution in [3.63, 3.8) is 0 Å². The first-order valence-corrected chi connectivity index (χ1v) is 26.0. The molecular formula is C68H64N2O2.